The summed E-state index contributed by atoms with van der Waals surface area (Å²) in [5, 5.41) is 2.75. The normalized spacial score (nSPS) is 21.6. The molecule has 1 amide bonds. The Kier molecular flexibility index (Phi) is 5.72. The first kappa shape index (κ1) is 18.5. The van der Waals surface area contributed by atoms with Gasteiger partial charge >= 0.3 is 6.09 Å². The second-order valence-corrected chi connectivity index (χ2v) is 7.38. The van der Waals surface area contributed by atoms with Crippen molar-refractivity contribution in [2.24, 2.45) is 11.7 Å². The van der Waals surface area contributed by atoms with E-state index in [2.05, 4.69) is 17.3 Å². The number of amides is 1. The Balaban J connectivity index is 2.14. The maximum Gasteiger partial charge on any atom is 0.412 e. The van der Waals surface area contributed by atoms with Gasteiger partial charge in [-0.1, -0.05) is 6.07 Å². The first-order valence-corrected chi connectivity index (χ1v) is 8.31. The van der Waals surface area contributed by atoms with E-state index >= 15 is 0 Å². The molecule has 1 heterocycles. The first-order valence-electron chi connectivity index (χ1n) is 8.31. The second-order valence-electron chi connectivity index (χ2n) is 7.38. The molecule has 24 heavy (non-hydrogen) atoms. The van der Waals surface area contributed by atoms with E-state index in [1.54, 1.807) is 7.11 Å². The molecular weight excluding hydrogens is 306 g/mol. The summed E-state index contributed by atoms with van der Waals surface area (Å²) >= 11 is 0. The van der Waals surface area contributed by atoms with Gasteiger partial charge in [0, 0.05) is 12.6 Å². The third kappa shape index (κ3) is 4.61. The number of methoxy groups -OCH3 is 1. The fraction of sp³-hybridized carbons (Fsp3) is 0.611. The summed E-state index contributed by atoms with van der Waals surface area (Å²) in [5.74, 6) is 1.15. The Morgan fingerprint density at radius 2 is 2.12 bits per heavy atom. The fourth-order valence-corrected chi connectivity index (χ4v) is 3.10. The molecule has 1 saturated heterocycles. The topological polar surface area (TPSA) is 76.8 Å². The van der Waals surface area contributed by atoms with Crippen LogP contribution in [0.15, 0.2) is 18.2 Å². The fourth-order valence-electron chi connectivity index (χ4n) is 3.10. The molecule has 2 atom stereocenters. The van der Waals surface area contributed by atoms with Crippen molar-refractivity contribution in [3.8, 4) is 5.75 Å². The van der Waals surface area contributed by atoms with Gasteiger partial charge in [-0.3, -0.25) is 10.2 Å². The van der Waals surface area contributed by atoms with E-state index in [1.807, 2.05) is 39.0 Å². The number of hydrogen-bond donors (Lipinski definition) is 2. The minimum absolute atomic E-state index is 0.322. The number of anilines is 1. The molecule has 0 aromatic heterocycles. The van der Waals surface area contributed by atoms with E-state index in [4.69, 9.17) is 15.2 Å². The maximum absolute atomic E-state index is 12.0. The van der Waals surface area contributed by atoms with Crippen LogP contribution in [0.3, 0.4) is 0 Å². The molecule has 1 fully saturated rings. The van der Waals surface area contributed by atoms with Crippen LogP contribution in [0.25, 0.3) is 0 Å². The zero-order valence-corrected chi connectivity index (χ0v) is 15.3. The van der Waals surface area contributed by atoms with Gasteiger partial charge in [0.25, 0.3) is 0 Å². The molecule has 1 aliphatic rings. The van der Waals surface area contributed by atoms with Crippen molar-refractivity contribution in [3.63, 3.8) is 0 Å². The van der Waals surface area contributed by atoms with Gasteiger partial charge in [-0.05, 0) is 64.4 Å². The van der Waals surface area contributed by atoms with E-state index in [0.717, 1.165) is 13.0 Å². The molecule has 3 N–H and O–H groups in total. The van der Waals surface area contributed by atoms with Gasteiger partial charge in [0.15, 0.2) is 0 Å². The van der Waals surface area contributed by atoms with Gasteiger partial charge in [-0.15, -0.1) is 0 Å². The Morgan fingerprint density at radius 3 is 2.67 bits per heavy atom. The lowest BCUT2D eigenvalue weighted by Gasteiger charge is -2.22. The standard InChI is InChI=1S/C18H29N3O3/c1-18(2,3)24-17(22)20-14-7-6-13(9-16(14)23-5)15-8-12(10-19)11-21(15)4/h6-7,9,12,15H,8,10-11,19H2,1-5H3,(H,20,22). The highest BCUT2D eigenvalue weighted by molar-refractivity contribution is 5.87. The average molecular weight is 335 g/mol. The average Bonchev–Trinajstić information content (AvgIpc) is 2.87. The first-order chi connectivity index (χ1) is 11.2. The van der Waals surface area contributed by atoms with Crippen molar-refractivity contribution in [2.75, 3.05) is 32.6 Å². The lowest BCUT2D eigenvalue weighted by Crippen LogP contribution is -2.27. The third-order valence-corrected chi connectivity index (χ3v) is 4.21. The molecule has 0 bridgehead atoms. The molecule has 1 aromatic carbocycles. The quantitative estimate of drug-likeness (QED) is 0.884. The number of rotatable bonds is 4. The monoisotopic (exact) mass is 335 g/mol. The Morgan fingerprint density at radius 1 is 1.42 bits per heavy atom. The number of carbonyl (C=O) groups excluding carboxylic acids is 1. The van der Waals surface area contributed by atoms with Crippen LogP contribution in [0.5, 0.6) is 5.75 Å². The second kappa shape index (κ2) is 7.40. The summed E-state index contributed by atoms with van der Waals surface area (Å²) in [6.45, 7) is 7.20. The largest absolute Gasteiger partial charge is 0.495 e. The van der Waals surface area contributed by atoms with Crippen LogP contribution >= 0.6 is 0 Å². The molecule has 2 rings (SSSR count). The third-order valence-electron chi connectivity index (χ3n) is 4.21. The highest BCUT2D eigenvalue weighted by Gasteiger charge is 2.30. The molecule has 134 valence electrons. The molecule has 6 heteroatoms. The number of hydrogen-bond acceptors (Lipinski definition) is 5. The van der Waals surface area contributed by atoms with Crippen molar-refractivity contribution in [3.05, 3.63) is 23.8 Å². The SMILES string of the molecule is COc1cc(C2CC(CN)CN2C)ccc1NC(=O)OC(C)(C)C. The van der Waals surface area contributed by atoms with Crippen LogP contribution in [-0.2, 0) is 4.74 Å². The van der Waals surface area contributed by atoms with E-state index in [1.165, 1.54) is 5.56 Å². The zero-order chi connectivity index (χ0) is 17.9. The summed E-state index contributed by atoms with van der Waals surface area (Å²) in [4.78, 5) is 14.3. The number of carbonyl (C=O) groups is 1. The molecule has 0 radical (unpaired) electrons. The van der Waals surface area contributed by atoms with Crippen LogP contribution in [0, 0.1) is 5.92 Å². The molecule has 2 unspecified atom stereocenters. The maximum atomic E-state index is 12.0. The van der Waals surface area contributed by atoms with Crippen LogP contribution in [0.1, 0.15) is 38.8 Å². The predicted octanol–water partition coefficient (Wildman–Crippen LogP) is 2.99. The number of nitrogens with two attached hydrogens (primary N) is 1. The van der Waals surface area contributed by atoms with Crippen molar-refractivity contribution < 1.29 is 14.3 Å². The molecule has 1 aromatic rings. The molecule has 0 spiro atoms. The summed E-state index contributed by atoms with van der Waals surface area (Å²) < 4.78 is 10.7. The Bertz CT molecular complexity index is 583. The lowest BCUT2D eigenvalue weighted by molar-refractivity contribution is 0.0635. The summed E-state index contributed by atoms with van der Waals surface area (Å²) in [6.07, 6.45) is 0.546. The van der Waals surface area contributed by atoms with E-state index < -0.39 is 11.7 Å². The molecule has 0 saturated carbocycles. The van der Waals surface area contributed by atoms with Crippen LogP contribution in [0.2, 0.25) is 0 Å². The predicted molar refractivity (Wildman–Crippen MR) is 95.4 cm³/mol. The van der Waals surface area contributed by atoms with Crippen molar-refractivity contribution in [1.82, 2.24) is 4.90 Å². The zero-order valence-electron chi connectivity index (χ0n) is 15.3. The van der Waals surface area contributed by atoms with E-state index in [9.17, 15) is 4.79 Å². The smallest absolute Gasteiger partial charge is 0.412 e. The highest BCUT2D eigenvalue weighted by atomic mass is 16.6. The van der Waals surface area contributed by atoms with Crippen LogP contribution in [-0.4, -0.2) is 43.8 Å². The van der Waals surface area contributed by atoms with Gasteiger partial charge in [0.2, 0.25) is 0 Å². The highest BCUT2D eigenvalue weighted by Crippen LogP contribution is 2.37. The van der Waals surface area contributed by atoms with Crippen molar-refractivity contribution in [2.45, 2.75) is 38.8 Å². The van der Waals surface area contributed by atoms with E-state index in [-0.39, 0.29) is 0 Å². The van der Waals surface area contributed by atoms with Crippen LogP contribution < -0.4 is 15.8 Å². The van der Waals surface area contributed by atoms with Gasteiger partial charge < -0.3 is 15.2 Å². The molecular formula is C18H29N3O3. The lowest BCUT2D eigenvalue weighted by atomic mass is 9.99. The number of ether oxygens (including phenoxy) is 2. The van der Waals surface area contributed by atoms with Crippen molar-refractivity contribution in [1.29, 1.82) is 0 Å². The number of likely N-dealkylation sites (tertiary alicyclic amines) is 1. The van der Waals surface area contributed by atoms with Gasteiger partial charge in [-0.2, -0.15) is 0 Å². The number of nitrogens with one attached hydrogen (secondary N) is 1. The van der Waals surface area contributed by atoms with Gasteiger partial charge in [0.05, 0.1) is 12.8 Å². The summed E-state index contributed by atoms with van der Waals surface area (Å²) in [7, 11) is 3.71. The Labute approximate surface area is 144 Å². The van der Waals surface area contributed by atoms with Gasteiger partial charge in [-0.25, -0.2) is 4.79 Å². The Hall–Kier alpha value is -1.79. The van der Waals surface area contributed by atoms with Gasteiger partial charge in [0.1, 0.15) is 11.4 Å². The molecule has 1 aliphatic heterocycles. The number of nitrogens with zero attached hydrogens (tertiary/aromatic N) is 1. The summed E-state index contributed by atoms with van der Waals surface area (Å²) in [5.41, 5.74) is 7.04. The minimum atomic E-state index is -0.541. The van der Waals surface area contributed by atoms with E-state index in [0.29, 0.717) is 29.9 Å². The van der Waals surface area contributed by atoms with Crippen LogP contribution in [0.4, 0.5) is 10.5 Å². The minimum Gasteiger partial charge on any atom is -0.495 e. The van der Waals surface area contributed by atoms with Crippen molar-refractivity contribution >= 4 is 11.8 Å². The molecule has 6 nitrogen and oxygen atoms in total. The number of benzene rings is 1. The molecule has 0 aliphatic carbocycles. The summed E-state index contributed by atoms with van der Waals surface area (Å²) in [6, 6.07) is 6.19.